The van der Waals surface area contributed by atoms with Crippen LogP contribution in [-0.4, -0.2) is 45.2 Å². The first-order chi connectivity index (χ1) is 12.2. The molecule has 0 N–H and O–H groups in total. The highest BCUT2D eigenvalue weighted by atomic mass is 16.5. The quantitative estimate of drug-likeness (QED) is 0.736. The number of methoxy groups -OCH3 is 1. The van der Waals surface area contributed by atoms with Gasteiger partial charge in [0.25, 0.3) is 5.91 Å². The Morgan fingerprint density at radius 1 is 1.32 bits per heavy atom. The van der Waals surface area contributed by atoms with Crippen LogP contribution in [0.25, 0.3) is 10.9 Å². The number of hydrogen-bond acceptors (Lipinski definition) is 3. The summed E-state index contributed by atoms with van der Waals surface area (Å²) in [5.41, 5.74) is 2.88. The second-order valence-corrected chi connectivity index (χ2v) is 6.72. The molecule has 130 valence electrons. The lowest BCUT2D eigenvalue weighted by molar-refractivity contribution is 0.0669. The minimum atomic E-state index is 0.0625. The number of benzene rings is 1. The van der Waals surface area contributed by atoms with Gasteiger partial charge in [0.1, 0.15) is 0 Å². The zero-order valence-electron chi connectivity index (χ0n) is 14.6. The average Bonchev–Trinajstić information content (AvgIpc) is 3.14. The number of hydrogen-bond donors (Lipinski definition) is 0. The van der Waals surface area contributed by atoms with E-state index >= 15 is 0 Å². The molecule has 3 aromatic rings. The standard InChI is InChI=1S/C19H22N4O2/c1-21-11-17(16-5-3-4-6-18(16)21)19(24)22-8-14(12-25-2)9-23-13-20-7-15(23)10-22/h3-7,11,13-14H,8-10,12H2,1-2H3. The van der Waals surface area contributed by atoms with Crippen molar-refractivity contribution in [1.82, 2.24) is 19.0 Å². The molecule has 1 aromatic carbocycles. The molecule has 1 amide bonds. The Bertz CT molecular complexity index is 911. The van der Waals surface area contributed by atoms with E-state index in [0.717, 1.165) is 28.7 Å². The molecular weight excluding hydrogens is 316 g/mol. The number of aromatic nitrogens is 3. The van der Waals surface area contributed by atoms with Crippen molar-refractivity contribution in [1.29, 1.82) is 0 Å². The van der Waals surface area contributed by atoms with Gasteiger partial charge < -0.3 is 18.8 Å². The van der Waals surface area contributed by atoms with Crippen LogP contribution in [0.3, 0.4) is 0 Å². The molecule has 4 rings (SSSR count). The van der Waals surface area contributed by atoms with Crippen molar-refractivity contribution in [3.05, 3.63) is 54.2 Å². The van der Waals surface area contributed by atoms with Crippen LogP contribution in [0.5, 0.6) is 0 Å². The fourth-order valence-electron chi connectivity index (χ4n) is 3.73. The number of amides is 1. The molecule has 6 heteroatoms. The van der Waals surface area contributed by atoms with Gasteiger partial charge in [-0.05, 0) is 6.07 Å². The molecule has 1 unspecified atom stereocenters. The Morgan fingerprint density at radius 3 is 3.00 bits per heavy atom. The molecule has 0 bridgehead atoms. The molecule has 3 heterocycles. The summed E-state index contributed by atoms with van der Waals surface area (Å²) in [6.45, 7) is 2.69. The van der Waals surface area contributed by atoms with E-state index in [2.05, 4.69) is 9.55 Å². The van der Waals surface area contributed by atoms with E-state index in [1.807, 2.05) is 59.5 Å². The van der Waals surface area contributed by atoms with Crippen molar-refractivity contribution in [2.24, 2.45) is 13.0 Å². The number of nitrogens with zero attached hydrogens (tertiary/aromatic N) is 4. The third-order valence-corrected chi connectivity index (χ3v) is 4.90. The van der Waals surface area contributed by atoms with Gasteiger partial charge in [0, 0.05) is 56.5 Å². The molecule has 1 aliphatic rings. The SMILES string of the molecule is COCC1CN(C(=O)c2cn(C)c3ccccc23)Cc2cncn2C1. The zero-order valence-corrected chi connectivity index (χ0v) is 14.6. The van der Waals surface area contributed by atoms with Crippen LogP contribution in [-0.2, 0) is 24.9 Å². The maximum atomic E-state index is 13.3. The van der Waals surface area contributed by atoms with Crippen LogP contribution < -0.4 is 0 Å². The zero-order chi connectivity index (χ0) is 17.4. The summed E-state index contributed by atoms with van der Waals surface area (Å²) in [6, 6.07) is 8.02. The molecule has 1 atom stereocenters. The summed E-state index contributed by atoms with van der Waals surface area (Å²) in [5.74, 6) is 0.312. The molecule has 25 heavy (non-hydrogen) atoms. The smallest absolute Gasteiger partial charge is 0.256 e. The number of carbonyl (C=O) groups excluding carboxylic acids is 1. The van der Waals surface area contributed by atoms with Crippen molar-refractivity contribution in [2.45, 2.75) is 13.1 Å². The first kappa shape index (κ1) is 15.9. The van der Waals surface area contributed by atoms with E-state index in [1.165, 1.54) is 0 Å². The van der Waals surface area contributed by atoms with Crippen molar-refractivity contribution in [3.63, 3.8) is 0 Å². The Labute approximate surface area is 146 Å². The maximum absolute atomic E-state index is 13.3. The summed E-state index contributed by atoms with van der Waals surface area (Å²) in [4.78, 5) is 19.5. The minimum Gasteiger partial charge on any atom is -0.384 e. The summed E-state index contributed by atoms with van der Waals surface area (Å²) in [7, 11) is 3.68. The Hall–Kier alpha value is -2.60. The first-order valence-corrected chi connectivity index (χ1v) is 8.48. The van der Waals surface area contributed by atoms with Crippen LogP contribution in [0.15, 0.2) is 43.0 Å². The molecule has 0 fully saturated rings. The van der Waals surface area contributed by atoms with E-state index in [4.69, 9.17) is 4.74 Å². The van der Waals surface area contributed by atoms with Gasteiger partial charge >= 0.3 is 0 Å². The van der Waals surface area contributed by atoms with Gasteiger partial charge in [0.15, 0.2) is 0 Å². The van der Waals surface area contributed by atoms with E-state index in [9.17, 15) is 4.79 Å². The highest BCUT2D eigenvalue weighted by Crippen LogP contribution is 2.24. The second kappa shape index (κ2) is 6.37. The average molecular weight is 338 g/mol. The van der Waals surface area contributed by atoms with Crippen molar-refractivity contribution >= 4 is 16.8 Å². The number of aryl methyl sites for hydroxylation is 1. The fourth-order valence-corrected chi connectivity index (χ4v) is 3.73. The normalized spacial score (nSPS) is 17.5. The second-order valence-electron chi connectivity index (χ2n) is 6.72. The number of ether oxygens (including phenoxy) is 1. The first-order valence-electron chi connectivity index (χ1n) is 8.48. The topological polar surface area (TPSA) is 52.3 Å². The molecule has 0 saturated heterocycles. The van der Waals surface area contributed by atoms with E-state index in [1.54, 1.807) is 7.11 Å². The molecule has 0 spiro atoms. The van der Waals surface area contributed by atoms with Crippen molar-refractivity contribution in [2.75, 3.05) is 20.3 Å². The van der Waals surface area contributed by atoms with E-state index in [-0.39, 0.29) is 11.8 Å². The summed E-state index contributed by atoms with van der Waals surface area (Å²) < 4.78 is 9.50. The van der Waals surface area contributed by atoms with Gasteiger partial charge in [-0.25, -0.2) is 4.98 Å². The molecule has 0 radical (unpaired) electrons. The number of fused-ring (bicyclic) bond motifs is 2. The lowest BCUT2D eigenvalue weighted by Crippen LogP contribution is -2.35. The Kier molecular flexibility index (Phi) is 4.05. The van der Waals surface area contributed by atoms with Crippen LogP contribution in [0.4, 0.5) is 0 Å². The summed E-state index contributed by atoms with van der Waals surface area (Å²) >= 11 is 0. The minimum absolute atomic E-state index is 0.0625. The van der Waals surface area contributed by atoms with E-state index < -0.39 is 0 Å². The van der Waals surface area contributed by atoms with Crippen LogP contribution in [0, 0.1) is 5.92 Å². The van der Waals surface area contributed by atoms with Gasteiger partial charge in [-0.15, -0.1) is 0 Å². The fraction of sp³-hybridized carbons (Fsp3) is 0.368. The molecule has 2 aromatic heterocycles. The van der Waals surface area contributed by atoms with Gasteiger partial charge in [-0.3, -0.25) is 4.79 Å². The maximum Gasteiger partial charge on any atom is 0.256 e. The van der Waals surface area contributed by atoms with Gasteiger partial charge in [0.05, 0.1) is 30.7 Å². The van der Waals surface area contributed by atoms with E-state index in [0.29, 0.717) is 19.7 Å². The van der Waals surface area contributed by atoms with Crippen molar-refractivity contribution < 1.29 is 9.53 Å². The predicted molar refractivity (Wildman–Crippen MR) is 95.3 cm³/mol. The van der Waals surface area contributed by atoms with Crippen LogP contribution in [0.1, 0.15) is 16.1 Å². The number of para-hydroxylation sites is 1. The van der Waals surface area contributed by atoms with Gasteiger partial charge in [-0.1, -0.05) is 18.2 Å². The Morgan fingerprint density at radius 2 is 2.16 bits per heavy atom. The van der Waals surface area contributed by atoms with Gasteiger partial charge in [-0.2, -0.15) is 0 Å². The predicted octanol–water partition coefficient (Wildman–Crippen LogP) is 2.29. The molecule has 0 saturated carbocycles. The third-order valence-electron chi connectivity index (χ3n) is 4.90. The monoisotopic (exact) mass is 338 g/mol. The molecule has 6 nitrogen and oxygen atoms in total. The number of rotatable bonds is 3. The lowest BCUT2D eigenvalue weighted by atomic mass is 10.1. The van der Waals surface area contributed by atoms with Crippen molar-refractivity contribution in [3.8, 4) is 0 Å². The largest absolute Gasteiger partial charge is 0.384 e. The van der Waals surface area contributed by atoms with Crippen LogP contribution >= 0.6 is 0 Å². The highest BCUT2D eigenvalue weighted by molar-refractivity contribution is 6.06. The van der Waals surface area contributed by atoms with Crippen LogP contribution in [0.2, 0.25) is 0 Å². The summed E-state index contributed by atoms with van der Waals surface area (Å²) in [6.07, 6.45) is 5.61. The Balaban J connectivity index is 1.70. The third kappa shape index (κ3) is 2.82. The molecule has 0 aliphatic carbocycles. The van der Waals surface area contributed by atoms with Gasteiger partial charge in [0.2, 0.25) is 0 Å². The number of imidazole rings is 1. The summed E-state index contributed by atoms with van der Waals surface area (Å²) in [5, 5.41) is 0.996. The lowest BCUT2D eigenvalue weighted by Gasteiger charge is -2.23. The molecular formula is C19H22N4O2. The number of carbonyl (C=O) groups is 1. The molecule has 1 aliphatic heterocycles. The highest BCUT2D eigenvalue weighted by Gasteiger charge is 2.27.